The van der Waals surface area contributed by atoms with Gasteiger partial charge in [0.05, 0.1) is 5.56 Å². The van der Waals surface area contributed by atoms with E-state index in [0.717, 1.165) is 51.8 Å². The number of rotatable bonds is 5. The number of anilines is 1. The minimum absolute atomic E-state index is 0.507. The van der Waals surface area contributed by atoms with E-state index in [1.165, 1.54) is 36.1 Å². The first kappa shape index (κ1) is 20.2. The molecule has 2 aromatic carbocycles. The smallest absolute Gasteiger partial charge is 0.369 e. The van der Waals surface area contributed by atoms with E-state index in [9.17, 15) is 13.2 Å². The van der Waals surface area contributed by atoms with Gasteiger partial charge in [-0.15, -0.1) is 0 Å². The van der Waals surface area contributed by atoms with Crippen LogP contribution in [0.25, 0.3) is 0 Å². The summed E-state index contributed by atoms with van der Waals surface area (Å²) >= 11 is 0. The highest BCUT2D eigenvalue weighted by Gasteiger charge is 2.31. The third-order valence-corrected chi connectivity index (χ3v) is 6.07. The highest BCUT2D eigenvalue weighted by Crippen LogP contribution is 2.32. The van der Waals surface area contributed by atoms with Gasteiger partial charge in [0.1, 0.15) is 0 Å². The van der Waals surface area contributed by atoms with Crippen LogP contribution in [-0.4, -0.2) is 44.2 Å². The number of nitrogens with zero attached hydrogens (tertiary/aromatic N) is 2. The van der Waals surface area contributed by atoms with E-state index in [-0.39, 0.29) is 0 Å². The number of alkyl halides is 3. The molecule has 0 aliphatic carbocycles. The molecule has 2 heterocycles. The van der Waals surface area contributed by atoms with Crippen LogP contribution in [0.3, 0.4) is 0 Å². The monoisotopic (exact) mass is 403 g/mol. The Kier molecular flexibility index (Phi) is 6.11. The summed E-state index contributed by atoms with van der Waals surface area (Å²) in [5.41, 5.74) is 2.80. The van der Waals surface area contributed by atoms with Gasteiger partial charge >= 0.3 is 6.18 Å². The summed E-state index contributed by atoms with van der Waals surface area (Å²) in [6.07, 6.45) is -0.822. The van der Waals surface area contributed by atoms with Crippen molar-refractivity contribution in [1.82, 2.24) is 10.2 Å². The largest absolute Gasteiger partial charge is 0.416 e. The van der Waals surface area contributed by atoms with Gasteiger partial charge in [-0.1, -0.05) is 30.3 Å². The Balaban J connectivity index is 1.26. The van der Waals surface area contributed by atoms with E-state index < -0.39 is 11.7 Å². The normalized spacial score (nSPS) is 20.9. The number of hydrogen-bond donors (Lipinski definition) is 1. The van der Waals surface area contributed by atoms with E-state index in [1.54, 1.807) is 6.07 Å². The van der Waals surface area contributed by atoms with Crippen molar-refractivity contribution < 1.29 is 13.2 Å². The maximum atomic E-state index is 12.9. The Morgan fingerprint density at radius 1 is 0.966 bits per heavy atom. The van der Waals surface area contributed by atoms with Crippen molar-refractivity contribution in [3.63, 3.8) is 0 Å². The SMILES string of the molecule is FC(F)(F)c1cccc(N2CCN(CCc3ccc(C4CCCN4)cc3)CC2)c1. The second-order valence-corrected chi connectivity index (χ2v) is 8.02. The Morgan fingerprint density at radius 3 is 2.38 bits per heavy atom. The summed E-state index contributed by atoms with van der Waals surface area (Å²) in [5.74, 6) is 0. The minimum atomic E-state index is -4.29. The summed E-state index contributed by atoms with van der Waals surface area (Å²) in [6.45, 7) is 5.36. The van der Waals surface area contributed by atoms with Crippen LogP contribution < -0.4 is 10.2 Å². The molecule has 0 spiro atoms. The van der Waals surface area contributed by atoms with Crippen molar-refractivity contribution >= 4 is 5.69 Å². The molecule has 6 heteroatoms. The van der Waals surface area contributed by atoms with Crippen LogP contribution in [-0.2, 0) is 12.6 Å². The van der Waals surface area contributed by atoms with Gasteiger partial charge in [0, 0.05) is 44.5 Å². The second-order valence-electron chi connectivity index (χ2n) is 8.02. The minimum Gasteiger partial charge on any atom is -0.369 e. The van der Waals surface area contributed by atoms with Gasteiger partial charge in [0.15, 0.2) is 0 Å². The maximum absolute atomic E-state index is 12.9. The lowest BCUT2D eigenvalue weighted by Gasteiger charge is -2.36. The number of hydrogen-bond acceptors (Lipinski definition) is 3. The third-order valence-electron chi connectivity index (χ3n) is 6.07. The van der Waals surface area contributed by atoms with E-state index in [2.05, 4.69) is 39.4 Å². The predicted octanol–water partition coefficient (Wildman–Crippen LogP) is 4.49. The van der Waals surface area contributed by atoms with Gasteiger partial charge in [0.25, 0.3) is 0 Å². The van der Waals surface area contributed by atoms with Crippen LogP contribution in [0.5, 0.6) is 0 Å². The van der Waals surface area contributed by atoms with Crippen LogP contribution in [0.1, 0.15) is 35.6 Å². The molecule has 2 saturated heterocycles. The van der Waals surface area contributed by atoms with Crippen molar-refractivity contribution in [3.8, 4) is 0 Å². The lowest BCUT2D eigenvalue weighted by Crippen LogP contribution is -2.47. The molecule has 29 heavy (non-hydrogen) atoms. The van der Waals surface area contributed by atoms with Gasteiger partial charge < -0.3 is 10.2 Å². The Labute approximate surface area is 170 Å². The average Bonchev–Trinajstić information content (AvgIpc) is 3.27. The fourth-order valence-corrected chi connectivity index (χ4v) is 4.28. The molecular formula is C23H28F3N3. The molecule has 1 N–H and O–H groups in total. The average molecular weight is 403 g/mol. The molecule has 3 nitrogen and oxygen atoms in total. The molecule has 1 unspecified atom stereocenters. The maximum Gasteiger partial charge on any atom is 0.416 e. The van der Waals surface area contributed by atoms with Crippen molar-refractivity contribution in [3.05, 3.63) is 65.2 Å². The van der Waals surface area contributed by atoms with Crippen molar-refractivity contribution in [1.29, 1.82) is 0 Å². The van der Waals surface area contributed by atoms with Crippen molar-refractivity contribution in [2.24, 2.45) is 0 Å². The van der Waals surface area contributed by atoms with E-state index >= 15 is 0 Å². The Morgan fingerprint density at radius 2 is 1.72 bits per heavy atom. The topological polar surface area (TPSA) is 18.5 Å². The number of nitrogens with one attached hydrogen (secondary N) is 1. The highest BCUT2D eigenvalue weighted by atomic mass is 19.4. The molecule has 2 fully saturated rings. The Hall–Kier alpha value is -2.05. The third kappa shape index (κ3) is 5.11. The zero-order valence-electron chi connectivity index (χ0n) is 16.6. The molecule has 0 amide bonds. The first-order valence-electron chi connectivity index (χ1n) is 10.5. The molecule has 156 valence electrons. The zero-order valence-corrected chi connectivity index (χ0v) is 16.6. The quantitative estimate of drug-likeness (QED) is 0.793. The fourth-order valence-electron chi connectivity index (χ4n) is 4.28. The predicted molar refractivity (Wildman–Crippen MR) is 110 cm³/mol. The highest BCUT2D eigenvalue weighted by molar-refractivity contribution is 5.49. The lowest BCUT2D eigenvalue weighted by molar-refractivity contribution is -0.137. The van der Waals surface area contributed by atoms with E-state index in [1.807, 2.05) is 0 Å². The molecule has 0 bridgehead atoms. The first-order chi connectivity index (χ1) is 14.0. The standard InChI is InChI=1S/C23H28F3N3/c24-23(25,26)20-3-1-4-21(17-20)29-15-13-28(14-16-29)12-10-18-6-8-19(9-7-18)22-5-2-11-27-22/h1,3-4,6-9,17,22,27H,2,5,10-16H2. The summed E-state index contributed by atoms with van der Waals surface area (Å²) in [4.78, 5) is 4.45. The molecule has 1 atom stereocenters. The van der Waals surface area contributed by atoms with Crippen molar-refractivity contribution in [2.45, 2.75) is 31.5 Å². The fraction of sp³-hybridized carbons (Fsp3) is 0.478. The van der Waals surface area contributed by atoms with Crippen LogP contribution in [0.2, 0.25) is 0 Å². The molecular weight excluding hydrogens is 375 g/mol. The second kappa shape index (κ2) is 8.76. The molecule has 2 aliphatic rings. The summed E-state index contributed by atoms with van der Waals surface area (Å²) in [7, 11) is 0. The number of benzene rings is 2. The summed E-state index contributed by atoms with van der Waals surface area (Å²) < 4.78 is 38.8. The molecule has 0 radical (unpaired) electrons. The zero-order chi connectivity index (χ0) is 20.3. The van der Waals surface area contributed by atoms with E-state index in [4.69, 9.17) is 0 Å². The molecule has 0 aromatic heterocycles. The van der Waals surface area contributed by atoms with Crippen LogP contribution in [0.4, 0.5) is 18.9 Å². The molecule has 4 rings (SSSR count). The van der Waals surface area contributed by atoms with Crippen LogP contribution >= 0.6 is 0 Å². The lowest BCUT2D eigenvalue weighted by atomic mass is 10.0. The van der Waals surface area contributed by atoms with Gasteiger partial charge in [-0.05, 0) is 55.1 Å². The number of halogens is 3. The molecule has 2 aliphatic heterocycles. The van der Waals surface area contributed by atoms with E-state index in [0.29, 0.717) is 11.7 Å². The van der Waals surface area contributed by atoms with Crippen LogP contribution in [0, 0.1) is 0 Å². The van der Waals surface area contributed by atoms with Gasteiger partial charge in [-0.25, -0.2) is 0 Å². The Bertz CT molecular complexity index is 790. The number of piperazine rings is 1. The summed E-state index contributed by atoms with van der Waals surface area (Å²) in [5, 5.41) is 3.53. The van der Waals surface area contributed by atoms with Crippen LogP contribution in [0.15, 0.2) is 48.5 Å². The first-order valence-corrected chi connectivity index (χ1v) is 10.5. The van der Waals surface area contributed by atoms with Gasteiger partial charge in [-0.3, -0.25) is 4.90 Å². The molecule has 0 saturated carbocycles. The molecule has 2 aromatic rings. The van der Waals surface area contributed by atoms with Gasteiger partial charge in [-0.2, -0.15) is 13.2 Å². The van der Waals surface area contributed by atoms with Crippen molar-refractivity contribution in [2.75, 3.05) is 44.2 Å². The van der Waals surface area contributed by atoms with Gasteiger partial charge in [0.2, 0.25) is 0 Å². The summed E-state index contributed by atoms with van der Waals surface area (Å²) in [6, 6.07) is 15.1.